The van der Waals surface area contributed by atoms with Crippen molar-refractivity contribution in [1.82, 2.24) is 4.98 Å². The third-order valence-corrected chi connectivity index (χ3v) is 3.65. The van der Waals surface area contributed by atoms with E-state index in [1.165, 1.54) is 0 Å². The molecule has 0 fully saturated rings. The molecule has 1 aromatic carbocycles. The van der Waals surface area contributed by atoms with Gasteiger partial charge < -0.3 is 5.32 Å². The molecule has 0 amide bonds. The third kappa shape index (κ3) is 3.48. The van der Waals surface area contributed by atoms with Gasteiger partial charge in [-0.1, -0.05) is 29.8 Å². The summed E-state index contributed by atoms with van der Waals surface area (Å²) in [5.41, 5.74) is 0.829. The van der Waals surface area contributed by atoms with Crippen molar-refractivity contribution in [1.29, 1.82) is 0 Å². The molecule has 114 valence electrons. The van der Waals surface area contributed by atoms with E-state index in [1.807, 2.05) is 19.9 Å². The summed E-state index contributed by atoms with van der Waals surface area (Å²) in [5.74, 6) is 0. The predicted octanol–water partition coefficient (Wildman–Crippen LogP) is 5.40. The first-order valence-electron chi connectivity index (χ1n) is 6.81. The van der Waals surface area contributed by atoms with E-state index in [0.29, 0.717) is 29.6 Å². The van der Waals surface area contributed by atoms with E-state index >= 15 is 0 Å². The van der Waals surface area contributed by atoms with E-state index in [1.54, 1.807) is 6.07 Å². The molecule has 0 bridgehead atoms. The predicted molar refractivity (Wildman–Crippen MR) is 82.6 cm³/mol. The fraction of sp³-hybridized carbons (Fsp3) is 0.400. The van der Waals surface area contributed by atoms with Crippen molar-refractivity contribution in [2.45, 2.75) is 32.9 Å². The van der Waals surface area contributed by atoms with E-state index in [-0.39, 0.29) is 0 Å². The molecule has 1 aromatic heterocycles. The smallest absolute Gasteiger partial charge is 0.384 e. The van der Waals surface area contributed by atoms with Gasteiger partial charge in [0.25, 0.3) is 0 Å². The lowest BCUT2D eigenvalue weighted by Crippen LogP contribution is -2.11. The summed E-state index contributed by atoms with van der Waals surface area (Å²) < 4.78 is 39.9. The monoisotopic (exact) mass is 360 g/mol. The average Bonchev–Trinajstić information content (AvgIpc) is 2.42. The second-order valence-corrected chi connectivity index (χ2v) is 5.71. The highest BCUT2D eigenvalue weighted by molar-refractivity contribution is 9.10. The van der Waals surface area contributed by atoms with Crippen LogP contribution in [-0.4, -0.2) is 11.5 Å². The quantitative estimate of drug-likeness (QED) is 0.789. The van der Waals surface area contributed by atoms with Gasteiger partial charge in [0.05, 0.1) is 5.52 Å². The molecule has 0 radical (unpaired) electrons. The maximum atomic E-state index is 13.0. The maximum absolute atomic E-state index is 13.0. The van der Waals surface area contributed by atoms with Crippen molar-refractivity contribution in [2.75, 3.05) is 11.9 Å². The van der Waals surface area contributed by atoms with Crippen LogP contribution in [0.1, 0.15) is 31.5 Å². The molecule has 0 unspecified atom stereocenters. The summed E-state index contributed by atoms with van der Waals surface area (Å²) in [6, 6.07) is 4.71. The highest BCUT2D eigenvalue weighted by atomic mass is 79.9. The van der Waals surface area contributed by atoms with Crippen LogP contribution >= 0.6 is 15.9 Å². The number of nitrogens with zero attached hydrogens (tertiary/aromatic N) is 1. The number of pyridine rings is 1. The standard InChI is InChI=1S/C15H16BrF3N2/c1-3-5-20-12-8-13(15(17,18)19)21-14-9(4-2)6-10(16)7-11(12)14/h6-8H,3-5H2,1-2H3,(H,20,21). The van der Waals surface area contributed by atoms with Crippen LogP contribution in [0.25, 0.3) is 10.9 Å². The van der Waals surface area contributed by atoms with Crippen LogP contribution in [-0.2, 0) is 12.6 Å². The number of halogens is 4. The van der Waals surface area contributed by atoms with Gasteiger partial charge in [-0.15, -0.1) is 0 Å². The van der Waals surface area contributed by atoms with Crippen molar-refractivity contribution < 1.29 is 13.2 Å². The molecule has 6 heteroatoms. The van der Waals surface area contributed by atoms with Crippen molar-refractivity contribution in [3.8, 4) is 0 Å². The molecule has 21 heavy (non-hydrogen) atoms. The third-order valence-electron chi connectivity index (χ3n) is 3.19. The Bertz CT molecular complexity index is 653. The highest BCUT2D eigenvalue weighted by Crippen LogP contribution is 2.35. The van der Waals surface area contributed by atoms with Gasteiger partial charge in [-0.25, -0.2) is 4.98 Å². The number of aromatic nitrogens is 1. The summed E-state index contributed by atoms with van der Waals surface area (Å²) in [6.45, 7) is 4.49. The summed E-state index contributed by atoms with van der Waals surface area (Å²) in [4.78, 5) is 3.84. The number of rotatable bonds is 4. The molecule has 2 nitrogen and oxygen atoms in total. The minimum Gasteiger partial charge on any atom is -0.384 e. The topological polar surface area (TPSA) is 24.9 Å². The Morgan fingerprint density at radius 3 is 2.48 bits per heavy atom. The molecule has 0 aliphatic rings. The van der Waals surface area contributed by atoms with E-state index in [0.717, 1.165) is 22.5 Å². The zero-order valence-electron chi connectivity index (χ0n) is 11.8. The molecule has 1 heterocycles. The van der Waals surface area contributed by atoms with Crippen molar-refractivity contribution in [2.24, 2.45) is 0 Å². The molecule has 0 saturated carbocycles. The summed E-state index contributed by atoms with van der Waals surface area (Å²) in [6.07, 6.45) is -2.99. The first-order valence-corrected chi connectivity index (χ1v) is 7.60. The van der Waals surface area contributed by atoms with Crippen LogP contribution in [0.2, 0.25) is 0 Å². The first kappa shape index (κ1) is 16.1. The zero-order valence-corrected chi connectivity index (χ0v) is 13.4. The number of fused-ring (bicyclic) bond motifs is 1. The van der Waals surface area contributed by atoms with Crippen LogP contribution < -0.4 is 5.32 Å². The Balaban J connectivity index is 2.74. The van der Waals surface area contributed by atoms with E-state index in [9.17, 15) is 13.2 Å². The summed E-state index contributed by atoms with van der Waals surface area (Å²) >= 11 is 3.41. The molecule has 1 N–H and O–H groups in total. The Hall–Kier alpha value is -1.30. The van der Waals surface area contributed by atoms with E-state index in [4.69, 9.17) is 0 Å². The van der Waals surface area contributed by atoms with E-state index in [2.05, 4.69) is 26.2 Å². The lowest BCUT2D eigenvalue weighted by Gasteiger charge is -2.15. The van der Waals surface area contributed by atoms with Gasteiger partial charge in [-0.2, -0.15) is 13.2 Å². The van der Waals surface area contributed by atoms with Gasteiger partial charge in [0.2, 0.25) is 0 Å². The van der Waals surface area contributed by atoms with Gasteiger partial charge in [-0.3, -0.25) is 0 Å². The molecule has 0 aliphatic heterocycles. The van der Waals surface area contributed by atoms with Crippen LogP contribution in [0.15, 0.2) is 22.7 Å². The van der Waals surface area contributed by atoms with Gasteiger partial charge in [-0.05, 0) is 36.6 Å². The molecule has 0 atom stereocenters. The second kappa shape index (κ2) is 6.22. The Morgan fingerprint density at radius 1 is 1.19 bits per heavy atom. The Morgan fingerprint density at radius 2 is 1.90 bits per heavy atom. The number of nitrogens with one attached hydrogen (secondary N) is 1. The molecule has 2 rings (SSSR count). The zero-order chi connectivity index (χ0) is 15.6. The van der Waals surface area contributed by atoms with Crippen LogP contribution in [0, 0.1) is 0 Å². The van der Waals surface area contributed by atoms with Gasteiger partial charge in [0.15, 0.2) is 0 Å². The van der Waals surface area contributed by atoms with Crippen molar-refractivity contribution in [3.63, 3.8) is 0 Å². The molecule has 2 aromatic rings. The lowest BCUT2D eigenvalue weighted by molar-refractivity contribution is -0.140. The number of alkyl halides is 3. The van der Waals surface area contributed by atoms with Gasteiger partial charge in [0.1, 0.15) is 5.69 Å². The van der Waals surface area contributed by atoms with Crippen molar-refractivity contribution in [3.05, 3.63) is 33.9 Å². The molecular weight excluding hydrogens is 345 g/mol. The maximum Gasteiger partial charge on any atom is 0.433 e. The van der Waals surface area contributed by atoms with Gasteiger partial charge >= 0.3 is 6.18 Å². The first-order chi connectivity index (χ1) is 9.86. The number of hydrogen-bond donors (Lipinski definition) is 1. The largest absolute Gasteiger partial charge is 0.433 e. The summed E-state index contributed by atoms with van der Waals surface area (Å²) in [7, 11) is 0. The number of hydrogen-bond acceptors (Lipinski definition) is 2. The second-order valence-electron chi connectivity index (χ2n) is 4.79. The minimum absolute atomic E-state index is 0.411. The summed E-state index contributed by atoms with van der Waals surface area (Å²) in [5, 5.41) is 3.78. The molecule has 0 spiro atoms. The van der Waals surface area contributed by atoms with Crippen molar-refractivity contribution >= 4 is 32.5 Å². The molecule has 0 aliphatic carbocycles. The van der Waals surface area contributed by atoms with Crippen LogP contribution in [0.5, 0.6) is 0 Å². The van der Waals surface area contributed by atoms with E-state index < -0.39 is 11.9 Å². The van der Waals surface area contributed by atoms with Crippen LogP contribution in [0.3, 0.4) is 0 Å². The fourth-order valence-corrected chi connectivity index (χ4v) is 2.69. The SMILES string of the molecule is CCCNc1cc(C(F)(F)F)nc2c(CC)cc(Br)cc12. The minimum atomic E-state index is -4.45. The van der Waals surface area contributed by atoms with Gasteiger partial charge in [0, 0.05) is 22.1 Å². The van der Waals surface area contributed by atoms with Crippen LogP contribution in [0.4, 0.5) is 18.9 Å². The number of anilines is 1. The number of benzene rings is 1. The lowest BCUT2D eigenvalue weighted by atomic mass is 10.1. The molecule has 0 saturated heterocycles. The molecular formula is C15H16BrF3N2. The Labute approximate surface area is 129 Å². The number of aryl methyl sites for hydroxylation is 1. The normalized spacial score (nSPS) is 11.9. The fourth-order valence-electron chi connectivity index (χ4n) is 2.18. The highest BCUT2D eigenvalue weighted by Gasteiger charge is 2.33. The Kier molecular flexibility index (Phi) is 4.76. The average molecular weight is 361 g/mol.